The van der Waals surface area contributed by atoms with Crippen molar-refractivity contribution in [3.8, 4) is 5.75 Å². The van der Waals surface area contributed by atoms with E-state index in [-0.39, 0.29) is 5.41 Å². The fourth-order valence-corrected chi connectivity index (χ4v) is 12.1. The first-order valence-electron chi connectivity index (χ1n) is 22.3. The SMILES string of the molecule is Cc1ccc(C(Cl)(c2ccccc2)c2ccccc2Cl)cc1.Cc1ccc(C(Oc2ccc3c(c2)CCC2C3CC[C@]3(C)C(=O)CCC23)(c2ccccc2)c2ccccc2Cl)cc1. The number of carbonyl (C=O) groups is 1. The lowest BCUT2D eigenvalue weighted by Gasteiger charge is -2.48. The van der Waals surface area contributed by atoms with Crippen LogP contribution in [0.25, 0.3) is 0 Å². The van der Waals surface area contributed by atoms with Crippen LogP contribution in [0.4, 0.5) is 0 Å². The van der Waals surface area contributed by atoms with Crippen LogP contribution >= 0.6 is 34.8 Å². The van der Waals surface area contributed by atoms with Crippen molar-refractivity contribution >= 4 is 40.6 Å². The molecule has 0 heterocycles. The molecular formula is C58H53Cl3O2. The molecule has 0 N–H and O–H groups in total. The molecule has 0 aromatic heterocycles. The molecule has 0 bridgehead atoms. The fraction of sp³-hybridized carbons (Fsp3) is 0.259. The van der Waals surface area contributed by atoms with E-state index in [1.165, 1.54) is 22.3 Å². The van der Waals surface area contributed by atoms with Crippen molar-refractivity contribution in [2.45, 2.75) is 75.7 Å². The van der Waals surface area contributed by atoms with E-state index in [2.05, 4.69) is 118 Å². The maximum atomic E-state index is 12.8. The molecule has 0 amide bonds. The number of rotatable bonds is 8. The molecule has 0 saturated heterocycles. The van der Waals surface area contributed by atoms with Crippen molar-refractivity contribution in [2.24, 2.45) is 17.3 Å². The number of ketones is 1. The molecule has 0 aliphatic heterocycles. The van der Waals surface area contributed by atoms with Crippen molar-refractivity contribution in [2.75, 3.05) is 0 Å². The van der Waals surface area contributed by atoms with Crippen molar-refractivity contribution in [1.82, 2.24) is 0 Å². The summed E-state index contributed by atoms with van der Waals surface area (Å²) in [6.45, 7) is 6.42. The topological polar surface area (TPSA) is 26.3 Å². The summed E-state index contributed by atoms with van der Waals surface area (Å²) in [6.07, 6.45) is 6.15. The summed E-state index contributed by atoms with van der Waals surface area (Å²) in [5, 5.41) is 1.34. The van der Waals surface area contributed by atoms with Gasteiger partial charge in [0.1, 0.15) is 16.4 Å². The summed E-state index contributed by atoms with van der Waals surface area (Å²) in [5.74, 6) is 3.03. The third-order valence-electron chi connectivity index (χ3n) is 14.4. The predicted molar refractivity (Wildman–Crippen MR) is 260 cm³/mol. The summed E-state index contributed by atoms with van der Waals surface area (Å²) >= 11 is 20.6. The first-order valence-corrected chi connectivity index (χ1v) is 23.4. The number of ether oxygens (including phenoxy) is 1. The van der Waals surface area contributed by atoms with E-state index in [4.69, 9.17) is 39.5 Å². The highest BCUT2D eigenvalue weighted by atomic mass is 35.5. The summed E-state index contributed by atoms with van der Waals surface area (Å²) < 4.78 is 7.25. The van der Waals surface area contributed by atoms with Crippen LogP contribution in [-0.4, -0.2) is 5.78 Å². The quantitative estimate of drug-likeness (QED) is 0.112. The van der Waals surface area contributed by atoms with Crippen molar-refractivity contribution < 1.29 is 9.53 Å². The predicted octanol–water partition coefficient (Wildman–Crippen LogP) is 15.6. The monoisotopic (exact) mass is 886 g/mol. The minimum Gasteiger partial charge on any atom is -0.473 e. The third-order valence-corrected chi connectivity index (χ3v) is 15.7. The first-order chi connectivity index (χ1) is 30.5. The Balaban J connectivity index is 0.000000193. The fourth-order valence-electron chi connectivity index (χ4n) is 11.1. The van der Waals surface area contributed by atoms with Crippen LogP contribution in [0.15, 0.2) is 176 Å². The van der Waals surface area contributed by atoms with Crippen molar-refractivity contribution in [1.29, 1.82) is 0 Å². The van der Waals surface area contributed by atoms with E-state index < -0.39 is 10.5 Å². The minimum atomic E-state index is -0.921. The standard InChI is InChI=1S/C38H37ClO2.C20H16Cl2/c1-25-12-15-28(16-13-25)38(27-8-4-3-5-9-27,34-10-6-7-11-35(34)39)41-29-17-19-30-26(24-29)14-18-32-31(30)22-23-37(2)33(32)20-21-36(37)40;1-15-11-13-17(14-12-15)20(22,16-7-3-2-4-8-16)18-9-5-6-10-19(18)21/h3-13,15-17,19,24,31-33H,14,18,20-23H2,1-2H3;2-14H,1H3/t31?,32?,33?,37-,38?;/m0./s1. The number of hydrogen-bond donors (Lipinski definition) is 0. The molecule has 10 rings (SSSR count). The number of fused-ring (bicyclic) bond motifs is 5. The van der Waals surface area contributed by atoms with E-state index in [9.17, 15) is 4.79 Å². The third kappa shape index (κ3) is 7.94. The average molecular weight is 888 g/mol. The molecule has 5 unspecified atom stereocenters. The number of carbonyl (C=O) groups excluding carboxylic acids is 1. The van der Waals surface area contributed by atoms with E-state index in [1.54, 1.807) is 0 Å². The van der Waals surface area contributed by atoms with Gasteiger partial charge >= 0.3 is 0 Å². The number of aryl methyl sites for hydroxylation is 3. The number of halogens is 3. The van der Waals surface area contributed by atoms with E-state index >= 15 is 0 Å². The van der Waals surface area contributed by atoms with Gasteiger partial charge in [0.15, 0.2) is 5.60 Å². The molecule has 0 radical (unpaired) electrons. The van der Waals surface area contributed by atoms with E-state index in [0.717, 1.165) is 77.7 Å². The molecular weight excluding hydrogens is 835 g/mol. The Morgan fingerprint density at radius 2 is 1.10 bits per heavy atom. The Morgan fingerprint density at radius 1 is 0.571 bits per heavy atom. The summed E-state index contributed by atoms with van der Waals surface area (Å²) in [7, 11) is 0. The number of alkyl halides is 1. The second-order valence-corrected chi connectivity index (χ2v) is 19.4. The lowest BCUT2D eigenvalue weighted by molar-refractivity contribution is -0.129. The van der Waals surface area contributed by atoms with Gasteiger partial charge in [0.05, 0.1) is 0 Å². The Kier molecular flexibility index (Phi) is 12.2. The van der Waals surface area contributed by atoms with Gasteiger partial charge in [-0.15, -0.1) is 11.6 Å². The zero-order valence-corrected chi connectivity index (χ0v) is 38.4. The first kappa shape index (κ1) is 43.1. The van der Waals surface area contributed by atoms with Gasteiger partial charge < -0.3 is 4.74 Å². The van der Waals surface area contributed by atoms with Crippen LogP contribution in [0.5, 0.6) is 5.75 Å². The molecule has 7 aromatic carbocycles. The molecule has 6 atom stereocenters. The van der Waals surface area contributed by atoms with Crippen LogP contribution in [0.3, 0.4) is 0 Å². The highest BCUT2D eigenvalue weighted by Gasteiger charge is 2.54. The highest BCUT2D eigenvalue weighted by molar-refractivity contribution is 6.35. The number of hydrogen-bond acceptors (Lipinski definition) is 2. The van der Waals surface area contributed by atoms with Gasteiger partial charge in [-0.1, -0.05) is 193 Å². The zero-order valence-electron chi connectivity index (χ0n) is 36.2. The molecule has 2 fully saturated rings. The lowest BCUT2D eigenvalue weighted by atomic mass is 9.55. The molecule has 5 heteroatoms. The summed E-state index contributed by atoms with van der Waals surface area (Å²) in [6, 6.07) is 60.0. The molecule has 3 aliphatic carbocycles. The van der Waals surface area contributed by atoms with E-state index in [1.807, 2.05) is 78.9 Å². The number of Topliss-reactive ketones (excluding diaryl/α,β-unsaturated/α-hetero) is 1. The summed E-state index contributed by atoms with van der Waals surface area (Å²) in [5.41, 5.74) is 10.2. The molecule has 3 aliphatic rings. The van der Waals surface area contributed by atoms with Crippen LogP contribution in [-0.2, 0) is 21.7 Å². The van der Waals surface area contributed by atoms with Gasteiger partial charge in [0.2, 0.25) is 0 Å². The Morgan fingerprint density at radius 3 is 1.71 bits per heavy atom. The minimum absolute atomic E-state index is 0.0972. The smallest absolute Gasteiger partial charge is 0.186 e. The maximum Gasteiger partial charge on any atom is 0.186 e. The molecule has 318 valence electrons. The van der Waals surface area contributed by atoms with Gasteiger partial charge in [-0.25, -0.2) is 0 Å². The van der Waals surface area contributed by atoms with Crippen LogP contribution in [0, 0.1) is 31.1 Å². The molecule has 63 heavy (non-hydrogen) atoms. The van der Waals surface area contributed by atoms with Crippen molar-refractivity contribution in [3.05, 3.63) is 242 Å². The summed E-state index contributed by atoms with van der Waals surface area (Å²) in [4.78, 5) is 12.0. The van der Waals surface area contributed by atoms with Crippen LogP contribution in [0.2, 0.25) is 10.0 Å². The zero-order chi connectivity index (χ0) is 43.8. The average Bonchev–Trinajstić information content (AvgIpc) is 3.63. The van der Waals surface area contributed by atoms with Crippen LogP contribution in [0.1, 0.15) is 101 Å². The van der Waals surface area contributed by atoms with Gasteiger partial charge in [0, 0.05) is 44.1 Å². The lowest BCUT2D eigenvalue weighted by Crippen LogP contribution is -2.42. The van der Waals surface area contributed by atoms with Gasteiger partial charge in [-0.05, 0) is 110 Å². The van der Waals surface area contributed by atoms with Crippen LogP contribution < -0.4 is 4.74 Å². The largest absolute Gasteiger partial charge is 0.473 e. The molecule has 0 spiro atoms. The Labute approximate surface area is 388 Å². The maximum absolute atomic E-state index is 12.8. The van der Waals surface area contributed by atoms with Crippen molar-refractivity contribution in [3.63, 3.8) is 0 Å². The second kappa shape index (κ2) is 17.8. The Bertz CT molecular complexity index is 2710. The molecule has 7 aromatic rings. The van der Waals surface area contributed by atoms with Gasteiger partial charge in [-0.2, -0.15) is 0 Å². The van der Waals surface area contributed by atoms with Gasteiger partial charge in [0.25, 0.3) is 0 Å². The van der Waals surface area contributed by atoms with E-state index in [0.29, 0.717) is 33.6 Å². The molecule has 2 nitrogen and oxygen atoms in total. The highest BCUT2D eigenvalue weighted by Crippen LogP contribution is 2.60. The van der Waals surface area contributed by atoms with Gasteiger partial charge in [-0.3, -0.25) is 4.79 Å². The molecule has 2 saturated carbocycles. The Hall–Kier alpha value is -5.12. The second-order valence-electron chi connectivity index (χ2n) is 18.1. The normalized spacial score (nSPS) is 21.9. The number of benzene rings is 7.